The SMILES string of the molecule is CCC1=C(c2ccc(OC(C)C)nc2)C(Cc2ccc(-c3ccccc3C#N)cc2)NC(CC(C)=O)=N1. The number of nitriles is 1. The van der Waals surface area contributed by atoms with Gasteiger partial charge in [-0.2, -0.15) is 5.26 Å². The summed E-state index contributed by atoms with van der Waals surface area (Å²) < 4.78 is 5.73. The molecule has 2 heterocycles. The van der Waals surface area contributed by atoms with E-state index in [-0.39, 0.29) is 24.3 Å². The molecule has 1 aliphatic rings. The summed E-state index contributed by atoms with van der Waals surface area (Å²) in [5, 5.41) is 13.0. The van der Waals surface area contributed by atoms with Crippen LogP contribution >= 0.6 is 0 Å². The van der Waals surface area contributed by atoms with Crippen LogP contribution in [-0.2, 0) is 11.2 Å². The molecule has 0 saturated carbocycles. The van der Waals surface area contributed by atoms with Gasteiger partial charge >= 0.3 is 0 Å². The second-order valence-electron chi connectivity index (χ2n) is 9.46. The van der Waals surface area contributed by atoms with Crippen LogP contribution in [0.1, 0.15) is 57.2 Å². The summed E-state index contributed by atoms with van der Waals surface area (Å²) in [5.41, 5.74) is 6.75. The molecular formula is C31H32N4O2. The molecule has 6 nitrogen and oxygen atoms in total. The third-order valence-corrected chi connectivity index (χ3v) is 6.18. The quantitative estimate of drug-likeness (QED) is 0.389. The molecule has 0 radical (unpaired) electrons. The highest BCUT2D eigenvalue weighted by atomic mass is 16.5. The van der Waals surface area contributed by atoms with Gasteiger partial charge in [-0.3, -0.25) is 4.79 Å². The lowest BCUT2D eigenvalue weighted by molar-refractivity contribution is -0.115. The molecule has 1 N–H and O–H groups in total. The molecule has 0 saturated heterocycles. The summed E-state index contributed by atoms with van der Waals surface area (Å²) in [6.45, 7) is 7.62. The lowest BCUT2D eigenvalue weighted by Gasteiger charge is -2.30. The Kier molecular flexibility index (Phi) is 8.15. The van der Waals surface area contributed by atoms with Crippen LogP contribution in [0.15, 0.2) is 77.5 Å². The number of aromatic nitrogens is 1. The lowest BCUT2D eigenvalue weighted by atomic mass is 9.89. The van der Waals surface area contributed by atoms with Crippen LogP contribution < -0.4 is 10.1 Å². The lowest BCUT2D eigenvalue weighted by Crippen LogP contribution is -2.41. The number of hydrogen-bond acceptors (Lipinski definition) is 6. The van der Waals surface area contributed by atoms with E-state index in [1.54, 1.807) is 6.92 Å². The van der Waals surface area contributed by atoms with Gasteiger partial charge in [-0.1, -0.05) is 49.4 Å². The van der Waals surface area contributed by atoms with Gasteiger partial charge in [0.15, 0.2) is 0 Å². The summed E-state index contributed by atoms with van der Waals surface area (Å²) in [4.78, 5) is 21.2. The first-order valence-electron chi connectivity index (χ1n) is 12.7. The van der Waals surface area contributed by atoms with E-state index in [0.29, 0.717) is 23.7 Å². The first-order valence-corrected chi connectivity index (χ1v) is 12.7. The number of aliphatic imine (C=N–C) groups is 1. The number of Topliss-reactive ketones (excluding diaryl/α,β-unsaturated/α-hetero) is 1. The van der Waals surface area contributed by atoms with Crippen molar-refractivity contribution in [3.05, 3.63) is 89.2 Å². The molecular weight excluding hydrogens is 460 g/mol. The second-order valence-corrected chi connectivity index (χ2v) is 9.46. The van der Waals surface area contributed by atoms with Crippen LogP contribution in [0.25, 0.3) is 16.7 Å². The number of pyridine rings is 1. The molecule has 37 heavy (non-hydrogen) atoms. The Hall–Kier alpha value is -4.24. The Bertz CT molecular complexity index is 1360. The van der Waals surface area contributed by atoms with Crippen LogP contribution in [0, 0.1) is 11.3 Å². The summed E-state index contributed by atoms with van der Waals surface area (Å²) in [5.74, 6) is 1.36. The van der Waals surface area contributed by atoms with Gasteiger partial charge in [-0.15, -0.1) is 0 Å². The number of allylic oxidation sites excluding steroid dienone is 1. The standard InChI is InChI=1S/C31H32N4O2/c1-5-27-31(25-14-15-30(33-19-25)37-20(2)3)28(35-29(34-27)16-21(4)36)17-22-10-12-23(13-11-22)26-9-7-6-8-24(26)18-32/h6-15,19-20,28H,5,16-17H2,1-4H3,(H,34,35). The fraction of sp³-hybridized carbons (Fsp3) is 0.290. The number of nitrogens with zero attached hydrogens (tertiary/aromatic N) is 3. The minimum Gasteiger partial charge on any atom is -0.475 e. The summed E-state index contributed by atoms with van der Waals surface area (Å²) >= 11 is 0. The molecule has 1 unspecified atom stereocenters. The number of rotatable bonds is 9. The Morgan fingerprint density at radius 1 is 1.08 bits per heavy atom. The molecule has 2 aromatic carbocycles. The third kappa shape index (κ3) is 6.31. The van der Waals surface area contributed by atoms with Crippen molar-refractivity contribution in [2.75, 3.05) is 0 Å². The zero-order valence-electron chi connectivity index (χ0n) is 21.8. The van der Waals surface area contributed by atoms with Gasteiger partial charge in [0.2, 0.25) is 5.88 Å². The van der Waals surface area contributed by atoms with Gasteiger partial charge in [0, 0.05) is 29.1 Å². The predicted molar refractivity (Wildman–Crippen MR) is 147 cm³/mol. The van der Waals surface area contributed by atoms with Crippen LogP contribution in [0.5, 0.6) is 5.88 Å². The van der Waals surface area contributed by atoms with Crippen molar-refractivity contribution in [3.8, 4) is 23.1 Å². The number of ether oxygens (including phenoxy) is 1. The highest BCUT2D eigenvalue weighted by molar-refractivity contribution is 6.02. The Morgan fingerprint density at radius 2 is 1.81 bits per heavy atom. The zero-order chi connectivity index (χ0) is 26.4. The monoisotopic (exact) mass is 492 g/mol. The van der Waals surface area contributed by atoms with Gasteiger partial charge in [-0.05, 0) is 62.4 Å². The van der Waals surface area contributed by atoms with Crippen molar-refractivity contribution in [3.63, 3.8) is 0 Å². The average molecular weight is 493 g/mol. The van der Waals surface area contributed by atoms with Gasteiger partial charge in [0.25, 0.3) is 0 Å². The van der Waals surface area contributed by atoms with E-state index in [0.717, 1.165) is 39.9 Å². The van der Waals surface area contributed by atoms with Gasteiger partial charge < -0.3 is 10.1 Å². The first kappa shape index (κ1) is 25.8. The Balaban J connectivity index is 1.66. The summed E-state index contributed by atoms with van der Waals surface area (Å²) in [6.07, 6.45) is 3.61. The number of ketones is 1. The zero-order valence-corrected chi connectivity index (χ0v) is 21.8. The smallest absolute Gasteiger partial charge is 0.213 e. The number of nitrogens with one attached hydrogen (secondary N) is 1. The van der Waals surface area contributed by atoms with Gasteiger partial charge in [0.05, 0.1) is 30.2 Å². The van der Waals surface area contributed by atoms with E-state index in [4.69, 9.17) is 9.73 Å². The highest BCUT2D eigenvalue weighted by Crippen LogP contribution is 2.32. The fourth-order valence-corrected chi connectivity index (χ4v) is 4.59. The second kappa shape index (κ2) is 11.7. The van der Waals surface area contributed by atoms with E-state index >= 15 is 0 Å². The van der Waals surface area contributed by atoms with Crippen LogP contribution in [-0.4, -0.2) is 28.7 Å². The third-order valence-electron chi connectivity index (χ3n) is 6.18. The van der Waals surface area contributed by atoms with Crippen molar-refractivity contribution in [1.29, 1.82) is 5.26 Å². The molecule has 1 aromatic heterocycles. The molecule has 1 aliphatic heterocycles. The molecule has 0 aliphatic carbocycles. The van der Waals surface area contributed by atoms with Crippen molar-refractivity contribution in [2.24, 2.45) is 4.99 Å². The number of hydrogen-bond donors (Lipinski definition) is 1. The normalized spacial score (nSPS) is 15.1. The van der Waals surface area contributed by atoms with Crippen LogP contribution in [0.3, 0.4) is 0 Å². The maximum Gasteiger partial charge on any atom is 0.213 e. The van der Waals surface area contributed by atoms with Crippen molar-refractivity contribution in [1.82, 2.24) is 10.3 Å². The molecule has 0 bridgehead atoms. The molecule has 1 atom stereocenters. The predicted octanol–water partition coefficient (Wildman–Crippen LogP) is 6.12. The maximum atomic E-state index is 11.9. The molecule has 0 spiro atoms. The van der Waals surface area contributed by atoms with Crippen LogP contribution in [0.2, 0.25) is 0 Å². The molecule has 3 aromatic rings. The summed E-state index contributed by atoms with van der Waals surface area (Å²) in [7, 11) is 0. The molecule has 188 valence electrons. The highest BCUT2D eigenvalue weighted by Gasteiger charge is 2.26. The van der Waals surface area contributed by atoms with Crippen molar-refractivity contribution >= 4 is 17.2 Å². The minimum absolute atomic E-state index is 0.0506. The van der Waals surface area contributed by atoms with Crippen molar-refractivity contribution in [2.45, 2.75) is 59.1 Å². The van der Waals surface area contributed by atoms with Crippen molar-refractivity contribution < 1.29 is 9.53 Å². The molecule has 4 rings (SSSR count). The average Bonchev–Trinajstić information content (AvgIpc) is 2.89. The molecule has 6 heteroatoms. The number of amidine groups is 1. The van der Waals surface area contributed by atoms with E-state index in [9.17, 15) is 10.1 Å². The Morgan fingerprint density at radius 3 is 2.43 bits per heavy atom. The summed E-state index contributed by atoms with van der Waals surface area (Å²) in [6, 6.07) is 22.1. The Labute approximate surface area is 218 Å². The minimum atomic E-state index is -0.0716. The number of carbonyl (C=O) groups excluding carboxylic acids is 1. The maximum absolute atomic E-state index is 11.9. The number of carbonyl (C=O) groups is 1. The van der Waals surface area contributed by atoms with Gasteiger partial charge in [-0.25, -0.2) is 9.98 Å². The van der Waals surface area contributed by atoms with E-state index < -0.39 is 0 Å². The largest absolute Gasteiger partial charge is 0.475 e. The molecule has 0 amide bonds. The first-order chi connectivity index (χ1) is 17.9. The van der Waals surface area contributed by atoms with E-state index in [2.05, 4.69) is 47.6 Å². The topological polar surface area (TPSA) is 87.4 Å². The number of benzene rings is 2. The fourth-order valence-electron chi connectivity index (χ4n) is 4.59. The van der Waals surface area contributed by atoms with E-state index in [1.165, 1.54) is 0 Å². The van der Waals surface area contributed by atoms with Gasteiger partial charge in [0.1, 0.15) is 11.6 Å². The van der Waals surface area contributed by atoms with E-state index in [1.807, 2.05) is 56.4 Å². The molecule has 0 fully saturated rings. The van der Waals surface area contributed by atoms with Crippen LogP contribution in [0.4, 0.5) is 0 Å².